The molecule has 0 radical (unpaired) electrons. The molecule has 5 aliphatic carbocycles. The average molecular weight is 1350 g/mol. The maximum absolute atomic E-state index is 12.4. The molecule has 0 bridgehead atoms. The zero-order valence-electron chi connectivity index (χ0n) is 57.5. The molecule has 5 fully saturated rings. The first kappa shape index (κ1) is 76.7. The van der Waals surface area contributed by atoms with Crippen molar-refractivity contribution in [3.8, 4) is 0 Å². The van der Waals surface area contributed by atoms with Gasteiger partial charge in [0.05, 0.1) is 6.54 Å². The van der Waals surface area contributed by atoms with E-state index in [9.17, 15) is 28.8 Å². The number of ketones is 5. The Morgan fingerprint density at radius 3 is 0.989 bits per heavy atom. The monoisotopic (exact) mass is 1350 g/mol. The number of alkyl carbamates (subject to hydrolysis) is 1. The number of Topliss-reactive ketones (excluding diaryl/α,β-unsaturated/α-hetero) is 5. The summed E-state index contributed by atoms with van der Waals surface area (Å²) in [6, 6.07) is 48.9. The molecule has 0 saturated heterocycles. The van der Waals surface area contributed by atoms with Crippen molar-refractivity contribution in [2.45, 2.75) is 226 Å². The summed E-state index contributed by atoms with van der Waals surface area (Å²) in [5, 5.41) is 7.08. The van der Waals surface area contributed by atoms with Crippen molar-refractivity contribution in [1.82, 2.24) is 5.32 Å². The number of benzene rings is 6. The number of carbonyl (C=O) groups is 6. The molecule has 12 nitrogen and oxygen atoms in total. The number of hydrogen-bond donors (Lipinski definition) is 2. The second kappa shape index (κ2) is 42.3. The van der Waals surface area contributed by atoms with E-state index in [1.54, 1.807) is 0 Å². The number of hydrogen-bond acceptors (Lipinski definition) is 9. The van der Waals surface area contributed by atoms with Crippen molar-refractivity contribution in [2.24, 2.45) is 40.4 Å². The highest BCUT2D eigenvalue weighted by atomic mass is 79.9. The number of aryl methyl sites for hydroxylation is 2. The number of amides is 1. The highest BCUT2D eigenvalue weighted by Crippen LogP contribution is 2.32. The molecule has 0 spiro atoms. The van der Waals surface area contributed by atoms with Gasteiger partial charge in [-0.25, -0.2) is 4.79 Å². The fourth-order valence-corrected chi connectivity index (χ4v) is 13.4. The Kier molecular flexibility index (Phi) is 34.1. The lowest BCUT2D eigenvalue weighted by Crippen LogP contribution is -2.32. The first-order valence-electron chi connectivity index (χ1n) is 35.3. The van der Waals surface area contributed by atoms with Crippen LogP contribution in [0.25, 0.3) is 10.4 Å². The number of rotatable bonds is 16. The molecule has 1 amide bonds. The quantitative estimate of drug-likeness (QED) is 0.0313. The van der Waals surface area contributed by atoms with E-state index < -0.39 is 11.7 Å². The molecule has 3 N–H and O–H groups in total. The van der Waals surface area contributed by atoms with Gasteiger partial charge in [-0.2, -0.15) is 0 Å². The van der Waals surface area contributed by atoms with Gasteiger partial charge in [-0.05, 0) is 127 Å². The molecule has 0 unspecified atom stereocenters. The van der Waals surface area contributed by atoms with Crippen molar-refractivity contribution in [3.63, 3.8) is 0 Å². The number of alkyl halides is 1. The van der Waals surface area contributed by atoms with E-state index in [0.29, 0.717) is 42.9 Å². The Bertz CT molecular complexity index is 3220. The summed E-state index contributed by atoms with van der Waals surface area (Å²) in [6.45, 7) is 10.9. The second-order valence-electron chi connectivity index (χ2n) is 27.4. The van der Waals surface area contributed by atoms with Gasteiger partial charge < -0.3 is 15.8 Å². The normalized spacial score (nSPS) is 16.2. The van der Waals surface area contributed by atoms with Crippen LogP contribution in [0, 0.1) is 43.4 Å². The van der Waals surface area contributed by atoms with Crippen LogP contribution in [0.4, 0.5) is 4.79 Å². The van der Waals surface area contributed by atoms with E-state index in [4.69, 9.17) is 16.0 Å². The topological polar surface area (TPSA) is 198 Å². The fourth-order valence-electron chi connectivity index (χ4n) is 13.0. The van der Waals surface area contributed by atoms with Crippen molar-refractivity contribution >= 4 is 50.9 Å². The number of nitrogens with two attached hydrogens (primary N) is 1. The van der Waals surface area contributed by atoms with Crippen molar-refractivity contribution in [2.75, 3.05) is 0 Å². The predicted octanol–water partition coefficient (Wildman–Crippen LogP) is 21.7. The number of nitrogens with one attached hydrogen (secondary N) is 1. The minimum atomic E-state index is -0.500. The fraction of sp³-hybridized carbons (Fsp3) is 0.488. The summed E-state index contributed by atoms with van der Waals surface area (Å²) in [6.07, 6.45) is 28.5. The van der Waals surface area contributed by atoms with Crippen molar-refractivity contribution in [1.29, 1.82) is 0 Å². The number of nitrogens with zero attached hydrogens (tertiary/aromatic N) is 3. The molecule has 508 valence electrons. The van der Waals surface area contributed by atoms with Gasteiger partial charge in [-0.15, -0.1) is 0 Å². The van der Waals surface area contributed by atoms with Gasteiger partial charge in [0, 0.05) is 80.7 Å². The number of azide groups is 1. The third kappa shape index (κ3) is 28.1. The maximum atomic E-state index is 12.4. The molecule has 95 heavy (non-hydrogen) atoms. The van der Waals surface area contributed by atoms with Crippen LogP contribution in [0.3, 0.4) is 0 Å². The van der Waals surface area contributed by atoms with Gasteiger partial charge in [-0.3, -0.25) is 24.0 Å². The average Bonchev–Trinajstić information content (AvgIpc) is 1.22. The molecule has 0 aliphatic heterocycles. The molecule has 0 aromatic heterocycles. The second-order valence-corrected chi connectivity index (χ2v) is 27.9. The highest BCUT2D eigenvalue weighted by molar-refractivity contribution is 9.08. The lowest BCUT2D eigenvalue weighted by Gasteiger charge is -2.20. The first-order valence-corrected chi connectivity index (χ1v) is 36.5. The molecule has 6 aromatic carbocycles. The minimum absolute atomic E-state index is 0.189. The number of carbonyl (C=O) groups excluding carboxylic acids is 6. The molecule has 0 atom stereocenters. The number of ether oxygens (including phenoxy) is 1. The van der Waals surface area contributed by atoms with Gasteiger partial charge in [0.25, 0.3) is 0 Å². The minimum Gasteiger partial charge on any atom is -0.444 e. The standard InChI is InChI=1S/C19H27NO3.C14H17BrO.C14H17N3O.C14H19NO.C14H18O.C7H8/c1-19(2,3)23-18(22)20-13-14-9-11-16(12-10-14)17(21)15-7-5-4-6-8-15;15-10-11-6-8-13(9-7-11)14(16)12-4-2-1-3-5-12;15-17-16-10-11-6-8-13(9-7-11)14(18)12-4-2-1-3-5-12;15-10-11-6-8-13(9-7-11)14(16)12-4-2-1-3-5-12;1-11-7-9-13(10-8-11)14(15)12-5-3-2-4-6-12;1-7-5-3-2-4-6-7/h9-12,15H,4-8,13H2,1-3H3,(H,20,22);6-9,12H,1-5,10H2;6-9,12H,1-5,10H2;6-9,12H,1-5,10,15H2;7-10,12H,2-6H2,1H3;2-6H,1H3. The third-order valence-electron chi connectivity index (χ3n) is 18.7. The van der Waals surface area contributed by atoms with Crippen LogP contribution in [0.15, 0.2) is 157 Å². The van der Waals surface area contributed by atoms with Gasteiger partial charge in [0.1, 0.15) is 5.60 Å². The van der Waals surface area contributed by atoms with E-state index in [1.165, 1.54) is 100 Å². The molecule has 5 saturated carbocycles. The van der Waals surface area contributed by atoms with E-state index in [1.807, 2.05) is 160 Å². The van der Waals surface area contributed by atoms with E-state index >= 15 is 0 Å². The van der Waals surface area contributed by atoms with Gasteiger partial charge in [0.2, 0.25) is 0 Å². The molecular weight excluding hydrogens is 1250 g/mol. The Morgan fingerprint density at radius 1 is 0.432 bits per heavy atom. The lowest BCUT2D eigenvalue weighted by atomic mass is 9.84. The molecule has 0 heterocycles. The predicted molar refractivity (Wildman–Crippen MR) is 389 cm³/mol. The summed E-state index contributed by atoms with van der Waals surface area (Å²) < 4.78 is 5.20. The molecule has 5 aliphatic rings. The molecule has 11 rings (SSSR count). The highest BCUT2D eigenvalue weighted by Gasteiger charge is 2.27. The van der Waals surface area contributed by atoms with Crippen molar-refractivity contribution < 1.29 is 33.5 Å². The van der Waals surface area contributed by atoms with E-state index in [-0.39, 0.29) is 35.2 Å². The molecular formula is C82H106BrN5O7. The summed E-state index contributed by atoms with van der Waals surface area (Å²) >= 11 is 3.41. The summed E-state index contributed by atoms with van der Waals surface area (Å²) in [7, 11) is 0. The van der Waals surface area contributed by atoms with Crippen LogP contribution in [0.2, 0.25) is 0 Å². The van der Waals surface area contributed by atoms with Gasteiger partial charge in [-0.1, -0.05) is 280 Å². The Morgan fingerprint density at radius 2 is 0.716 bits per heavy atom. The zero-order chi connectivity index (χ0) is 68.2. The summed E-state index contributed by atoms with van der Waals surface area (Å²) in [5.41, 5.74) is 24.2. The largest absolute Gasteiger partial charge is 0.444 e. The van der Waals surface area contributed by atoms with Crippen LogP contribution >= 0.6 is 15.9 Å². The first-order chi connectivity index (χ1) is 45.9. The van der Waals surface area contributed by atoms with Crippen LogP contribution in [0.5, 0.6) is 0 Å². The Labute approximate surface area is 575 Å². The SMILES string of the molecule is CC(C)(C)OC(=O)NCc1ccc(C(=O)C2CCCCC2)cc1.Cc1ccc(C(=O)C2CCCCC2)cc1.Cc1ccccc1.NCc1ccc(C(=O)C2CCCCC2)cc1.O=C(c1ccc(CBr)cc1)C1CCCCC1.[N-]=[N+]=NCc1ccc(C(=O)C2CCCCC2)cc1. The van der Waals surface area contributed by atoms with Gasteiger partial charge >= 0.3 is 6.09 Å². The Balaban J connectivity index is 0.000000184. The van der Waals surface area contributed by atoms with Crippen molar-refractivity contribution in [3.05, 3.63) is 223 Å². The zero-order valence-corrected chi connectivity index (χ0v) is 59.1. The molecule has 13 heteroatoms. The summed E-state index contributed by atoms with van der Waals surface area (Å²) in [4.78, 5) is 75.5. The van der Waals surface area contributed by atoms with E-state index in [2.05, 4.69) is 57.3 Å². The maximum Gasteiger partial charge on any atom is 0.407 e. The Hall–Kier alpha value is -7.31. The van der Waals surface area contributed by atoms with Crippen LogP contribution in [-0.2, 0) is 29.7 Å². The van der Waals surface area contributed by atoms with Gasteiger partial charge in [0.15, 0.2) is 28.9 Å². The smallest absolute Gasteiger partial charge is 0.407 e. The van der Waals surface area contributed by atoms with Crippen LogP contribution in [0.1, 0.15) is 266 Å². The molecule has 6 aromatic rings. The van der Waals surface area contributed by atoms with E-state index in [0.717, 1.165) is 127 Å². The third-order valence-corrected chi connectivity index (χ3v) is 19.3. The summed E-state index contributed by atoms with van der Waals surface area (Å²) in [5.74, 6) is 2.79. The van der Waals surface area contributed by atoms with Crippen LogP contribution < -0.4 is 11.1 Å². The number of halogens is 1. The lowest BCUT2D eigenvalue weighted by molar-refractivity contribution is 0.0522. The van der Waals surface area contributed by atoms with Crippen LogP contribution in [-0.4, -0.2) is 40.6 Å².